The zero-order chi connectivity index (χ0) is 20.2. The Balaban J connectivity index is 1.35. The van der Waals surface area contributed by atoms with Crippen LogP contribution in [0.5, 0.6) is 0 Å². The molecule has 150 valence electrons. The molecule has 0 aliphatic heterocycles. The topological polar surface area (TPSA) is 111 Å². The van der Waals surface area contributed by atoms with Gasteiger partial charge in [0, 0.05) is 23.8 Å². The van der Waals surface area contributed by atoms with Gasteiger partial charge < -0.3 is 10.6 Å². The van der Waals surface area contributed by atoms with Gasteiger partial charge in [-0.1, -0.05) is 6.92 Å². The fourth-order valence-electron chi connectivity index (χ4n) is 3.45. The maximum absolute atomic E-state index is 12.2. The Hall–Kier alpha value is -3.36. The van der Waals surface area contributed by atoms with Gasteiger partial charge in [-0.3, -0.25) is 4.79 Å². The summed E-state index contributed by atoms with van der Waals surface area (Å²) in [5.41, 5.74) is 2.05. The second-order valence-electron chi connectivity index (χ2n) is 7.26. The van der Waals surface area contributed by atoms with Crippen LogP contribution in [0.3, 0.4) is 0 Å². The summed E-state index contributed by atoms with van der Waals surface area (Å²) in [5, 5.41) is 19.2. The zero-order valence-electron chi connectivity index (χ0n) is 16.5. The number of aryl methyl sites for hydroxylation is 2. The first kappa shape index (κ1) is 19.0. The van der Waals surface area contributed by atoms with Crippen molar-refractivity contribution in [2.45, 2.75) is 51.6 Å². The van der Waals surface area contributed by atoms with E-state index in [9.17, 15) is 4.79 Å². The predicted octanol–water partition coefficient (Wildman–Crippen LogP) is 2.13. The summed E-state index contributed by atoms with van der Waals surface area (Å²) in [5.74, 6) is 1.36. The predicted molar refractivity (Wildman–Crippen MR) is 110 cm³/mol. The van der Waals surface area contributed by atoms with Crippen LogP contribution >= 0.6 is 0 Å². The summed E-state index contributed by atoms with van der Waals surface area (Å²) in [7, 11) is 0. The van der Waals surface area contributed by atoms with E-state index < -0.39 is 0 Å². The second kappa shape index (κ2) is 8.34. The first-order chi connectivity index (χ1) is 14.1. The van der Waals surface area contributed by atoms with Crippen LogP contribution in [-0.2, 0) is 6.42 Å². The van der Waals surface area contributed by atoms with Gasteiger partial charge in [-0.25, -0.2) is 9.97 Å². The third-order valence-corrected chi connectivity index (χ3v) is 5.12. The van der Waals surface area contributed by atoms with Crippen molar-refractivity contribution in [1.82, 2.24) is 29.9 Å². The highest BCUT2D eigenvalue weighted by Crippen LogP contribution is 2.24. The van der Waals surface area contributed by atoms with Crippen LogP contribution in [-0.4, -0.2) is 42.0 Å². The van der Waals surface area contributed by atoms with Crippen LogP contribution in [0.25, 0.3) is 5.69 Å². The normalized spacial score (nSPS) is 18.6. The minimum atomic E-state index is -0.136. The van der Waals surface area contributed by atoms with Crippen molar-refractivity contribution in [2.75, 3.05) is 10.6 Å². The van der Waals surface area contributed by atoms with Gasteiger partial charge in [-0.2, -0.15) is 14.9 Å². The molecule has 1 fully saturated rings. The van der Waals surface area contributed by atoms with Crippen LogP contribution in [0.4, 0.5) is 11.8 Å². The molecular weight excluding hydrogens is 368 g/mol. The number of aromatic nitrogens is 6. The van der Waals surface area contributed by atoms with Crippen molar-refractivity contribution in [3.63, 3.8) is 0 Å². The van der Waals surface area contributed by atoms with Crippen molar-refractivity contribution >= 4 is 11.8 Å². The van der Waals surface area contributed by atoms with Gasteiger partial charge in [-0.15, -0.1) is 5.10 Å². The zero-order valence-corrected chi connectivity index (χ0v) is 16.5. The Bertz CT molecular complexity index is 1020. The quantitative estimate of drug-likeness (QED) is 0.656. The molecule has 1 aliphatic rings. The fourth-order valence-corrected chi connectivity index (χ4v) is 3.45. The van der Waals surface area contributed by atoms with Crippen LogP contribution in [0, 0.1) is 6.92 Å². The molecule has 0 amide bonds. The molecule has 3 aromatic heterocycles. The Morgan fingerprint density at radius 3 is 2.59 bits per heavy atom. The molecule has 0 unspecified atom stereocenters. The number of nitrogens with zero attached hydrogens (tertiary/aromatic N) is 6. The number of pyridine rings is 1. The molecule has 0 aromatic carbocycles. The minimum Gasteiger partial charge on any atom is -0.367 e. The molecule has 4 rings (SSSR count). The van der Waals surface area contributed by atoms with E-state index in [0.717, 1.165) is 37.2 Å². The summed E-state index contributed by atoms with van der Waals surface area (Å²) < 4.78 is 1.36. The lowest BCUT2D eigenvalue weighted by molar-refractivity contribution is 0.710. The lowest BCUT2D eigenvalue weighted by atomic mass is 10.2. The third-order valence-electron chi connectivity index (χ3n) is 5.12. The summed E-state index contributed by atoms with van der Waals surface area (Å²) >= 11 is 0. The lowest BCUT2D eigenvalue weighted by Gasteiger charge is -2.15. The van der Waals surface area contributed by atoms with E-state index in [1.807, 2.05) is 19.1 Å². The van der Waals surface area contributed by atoms with Crippen LogP contribution < -0.4 is 16.2 Å². The molecule has 0 radical (unpaired) electrons. The highest BCUT2D eigenvalue weighted by molar-refractivity contribution is 5.41. The Morgan fingerprint density at radius 2 is 1.90 bits per heavy atom. The van der Waals surface area contributed by atoms with Gasteiger partial charge >= 0.3 is 0 Å². The second-order valence-corrected chi connectivity index (χ2v) is 7.26. The monoisotopic (exact) mass is 392 g/mol. The summed E-state index contributed by atoms with van der Waals surface area (Å²) in [6, 6.07) is 6.04. The van der Waals surface area contributed by atoms with E-state index in [1.54, 1.807) is 31.6 Å². The Morgan fingerprint density at radius 1 is 1.07 bits per heavy atom. The number of hydrogen-bond acceptors (Lipinski definition) is 8. The van der Waals surface area contributed by atoms with Gasteiger partial charge in [0.2, 0.25) is 5.95 Å². The molecule has 3 heterocycles. The average Bonchev–Trinajstić information content (AvgIpc) is 3.18. The molecule has 2 N–H and O–H groups in total. The van der Waals surface area contributed by atoms with Gasteiger partial charge in [0.1, 0.15) is 5.82 Å². The van der Waals surface area contributed by atoms with Crippen LogP contribution in [0.15, 0.2) is 41.6 Å². The largest absolute Gasteiger partial charge is 0.367 e. The van der Waals surface area contributed by atoms with Crippen molar-refractivity contribution in [1.29, 1.82) is 0 Å². The summed E-state index contributed by atoms with van der Waals surface area (Å²) in [6.07, 6.45) is 8.87. The van der Waals surface area contributed by atoms with E-state index in [1.165, 1.54) is 4.68 Å². The van der Waals surface area contributed by atoms with E-state index in [2.05, 4.69) is 35.9 Å². The van der Waals surface area contributed by atoms with E-state index in [0.29, 0.717) is 29.3 Å². The van der Waals surface area contributed by atoms with E-state index in [4.69, 9.17) is 0 Å². The summed E-state index contributed by atoms with van der Waals surface area (Å²) in [6.45, 7) is 3.80. The number of hydrogen-bond donors (Lipinski definition) is 2. The molecule has 1 saturated carbocycles. The molecular formula is C20H24N8O. The van der Waals surface area contributed by atoms with Crippen molar-refractivity contribution in [3.05, 3.63) is 58.4 Å². The highest BCUT2D eigenvalue weighted by atomic mass is 16.1. The fraction of sp³-hybridized carbons (Fsp3) is 0.400. The first-order valence-corrected chi connectivity index (χ1v) is 9.85. The molecule has 9 heteroatoms. The van der Waals surface area contributed by atoms with Gasteiger partial charge in [0.15, 0.2) is 0 Å². The van der Waals surface area contributed by atoms with Crippen LogP contribution in [0.2, 0.25) is 0 Å². The SMILES string of the molecule is CCc1cnc(N[C@H]2CC[C@H](Nc3ccc(-n4nccc(C)c4=O)cn3)C2)nn1. The van der Waals surface area contributed by atoms with Crippen LogP contribution in [0.1, 0.15) is 37.4 Å². The van der Waals surface area contributed by atoms with Crippen molar-refractivity contribution in [3.8, 4) is 5.69 Å². The number of rotatable bonds is 6. The number of nitrogens with one attached hydrogen (secondary N) is 2. The highest BCUT2D eigenvalue weighted by Gasteiger charge is 2.25. The molecule has 0 bridgehead atoms. The maximum atomic E-state index is 12.2. The summed E-state index contributed by atoms with van der Waals surface area (Å²) in [4.78, 5) is 21.0. The van der Waals surface area contributed by atoms with Gasteiger partial charge in [0.05, 0.1) is 23.8 Å². The minimum absolute atomic E-state index is 0.136. The van der Waals surface area contributed by atoms with Gasteiger partial charge in [0.25, 0.3) is 5.56 Å². The smallest absolute Gasteiger partial charge is 0.274 e. The van der Waals surface area contributed by atoms with Crippen molar-refractivity contribution < 1.29 is 0 Å². The average molecular weight is 392 g/mol. The molecule has 3 aromatic rings. The molecule has 0 saturated heterocycles. The lowest BCUT2D eigenvalue weighted by Crippen LogP contribution is -2.23. The van der Waals surface area contributed by atoms with E-state index in [-0.39, 0.29) is 5.56 Å². The first-order valence-electron chi connectivity index (χ1n) is 9.85. The maximum Gasteiger partial charge on any atom is 0.274 e. The third kappa shape index (κ3) is 4.39. The molecule has 29 heavy (non-hydrogen) atoms. The Kier molecular flexibility index (Phi) is 5.46. The van der Waals surface area contributed by atoms with Crippen molar-refractivity contribution in [2.24, 2.45) is 0 Å². The number of anilines is 2. The molecule has 0 spiro atoms. The molecule has 9 nitrogen and oxygen atoms in total. The molecule has 2 atom stereocenters. The van der Waals surface area contributed by atoms with E-state index >= 15 is 0 Å². The Labute approximate surface area is 168 Å². The van der Waals surface area contributed by atoms with Gasteiger partial charge in [-0.05, 0) is 50.8 Å². The molecule has 1 aliphatic carbocycles. The standard InChI is InChI=1S/C20H24N8O/c1-3-14-11-22-20(27-26-14)25-16-5-4-15(10-16)24-18-7-6-17(12-21-18)28-19(29)13(2)8-9-23-28/h6-9,11-12,15-16H,3-5,10H2,1-2H3,(H,21,24)(H,22,25,27)/t15-,16-/m0/s1.